The predicted octanol–water partition coefficient (Wildman–Crippen LogP) is -0.171. The van der Waals surface area contributed by atoms with Crippen LogP contribution in [0.2, 0.25) is 0 Å². The topological polar surface area (TPSA) is 73.4 Å². The molecule has 5 heteroatoms. The number of amides is 1. The molecule has 2 N–H and O–H groups in total. The summed E-state index contributed by atoms with van der Waals surface area (Å²) < 4.78 is 0. The Labute approximate surface area is 92.7 Å². The summed E-state index contributed by atoms with van der Waals surface area (Å²) in [5, 5.41) is 8.98. The molecule has 1 unspecified atom stereocenters. The first-order valence-electron chi connectivity index (χ1n) is 5.30. The fourth-order valence-corrected chi connectivity index (χ4v) is 1.93. The molecule has 5 nitrogen and oxygen atoms in total. The number of hydrogen-bond donors (Lipinski definition) is 2. The van der Waals surface area contributed by atoms with Crippen molar-refractivity contribution in [2.24, 2.45) is 5.92 Å². The average Bonchev–Trinajstić information content (AvgIpc) is 2.77. The highest BCUT2D eigenvalue weighted by molar-refractivity contribution is 5.93. The van der Waals surface area contributed by atoms with E-state index < -0.39 is 0 Å². The molecule has 86 valence electrons. The van der Waals surface area contributed by atoms with Gasteiger partial charge in [-0.15, -0.1) is 0 Å². The minimum absolute atomic E-state index is 0.0922. The Bertz CT molecular complexity index is 441. The third kappa shape index (κ3) is 1.99. The number of hydrogen-bond acceptors (Lipinski definition) is 3. The molecule has 1 atom stereocenters. The molecule has 1 aliphatic rings. The van der Waals surface area contributed by atoms with Gasteiger partial charge in [0.15, 0.2) is 0 Å². The lowest BCUT2D eigenvalue weighted by atomic mass is 10.1. The lowest BCUT2D eigenvalue weighted by molar-refractivity contribution is 0.0780. The van der Waals surface area contributed by atoms with Crippen molar-refractivity contribution in [1.29, 1.82) is 0 Å². The van der Waals surface area contributed by atoms with Gasteiger partial charge in [0.25, 0.3) is 11.5 Å². The van der Waals surface area contributed by atoms with Crippen LogP contribution in [0.15, 0.2) is 23.1 Å². The molecule has 2 heterocycles. The van der Waals surface area contributed by atoms with Crippen molar-refractivity contribution in [3.05, 3.63) is 34.2 Å². The monoisotopic (exact) mass is 222 g/mol. The van der Waals surface area contributed by atoms with Crippen LogP contribution in [0.4, 0.5) is 0 Å². The van der Waals surface area contributed by atoms with E-state index in [1.165, 1.54) is 12.3 Å². The standard InChI is InChI=1S/C11H14N2O3/c14-7-8-3-5-13(6-8)11(16)9-2-1-4-12-10(9)15/h1-2,4,8,14H,3,5-7H2,(H,12,15). The molecule has 2 rings (SSSR count). The summed E-state index contributed by atoms with van der Waals surface area (Å²) in [7, 11) is 0. The first-order valence-corrected chi connectivity index (χ1v) is 5.30. The summed E-state index contributed by atoms with van der Waals surface area (Å²) in [6.45, 7) is 1.23. The van der Waals surface area contributed by atoms with Gasteiger partial charge in [0.05, 0.1) is 0 Å². The van der Waals surface area contributed by atoms with Crippen LogP contribution in [-0.2, 0) is 0 Å². The number of aromatic amines is 1. The molecule has 0 radical (unpaired) electrons. The van der Waals surface area contributed by atoms with Crippen molar-refractivity contribution >= 4 is 5.91 Å². The number of nitrogens with zero attached hydrogens (tertiary/aromatic N) is 1. The number of aliphatic hydroxyl groups excluding tert-OH is 1. The Morgan fingerprint density at radius 1 is 1.62 bits per heavy atom. The van der Waals surface area contributed by atoms with Gasteiger partial charge in [0, 0.05) is 31.8 Å². The summed E-state index contributed by atoms with van der Waals surface area (Å²) >= 11 is 0. The van der Waals surface area contributed by atoms with E-state index in [1.54, 1.807) is 11.0 Å². The van der Waals surface area contributed by atoms with E-state index in [2.05, 4.69) is 4.98 Å². The van der Waals surface area contributed by atoms with Crippen LogP contribution in [0, 0.1) is 5.92 Å². The zero-order valence-electron chi connectivity index (χ0n) is 8.85. The number of likely N-dealkylation sites (tertiary alicyclic amines) is 1. The van der Waals surface area contributed by atoms with Crippen molar-refractivity contribution in [2.45, 2.75) is 6.42 Å². The predicted molar refractivity (Wildman–Crippen MR) is 58.2 cm³/mol. The number of nitrogens with one attached hydrogen (secondary N) is 1. The molecule has 1 amide bonds. The summed E-state index contributed by atoms with van der Waals surface area (Å²) in [5.41, 5.74) is -0.193. The first kappa shape index (κ1) is 10.9. The SMILES string of the molecule is O=C(c1ccc[nH]c1=O)N1CCC(CO)C1. The number of aliphatic hydroxyl groups is 1. The maximum atomic E-state index is 12.0. The molecule has 0 saturated carbocycles. The number of carbonyl (C=O) groups excluding carboxylic acids is 1. The summed E-state index contributed by atoms with van der Waals surface area (Å²) in [4.78, 5) is 27.5. The van der Waals surface area contributed by atoms with E-state index in [4.69, 9.17) is 5.11 Å². The van der Waals surface area contributed by atoms with Gasteiger partial charge in [-0.05, 0) is 18.6 Å². The highest BCUT2D eigenvalue weighted by Crippen LogP contribution is 2.16. The van der Waals surface area contributed by atoms with Crippen molar-refractivity contribution < 1.29 is 9.90 Å². The van der Waals surface area contributed by atoms with E-state index in [1.807, 2.05) is 0 Å². The molecule has 0 aliphatic carbocycles. The molecule has 0 bridgehead atoms. The second-order valence-electron chi connectivity index (χ2n) is 4.00. The molecule has 1 saturated heterocycles. The van der Waals surface area contributed by atoms with Crippen LogP contribution >= 0.6 is 0 Å². The van der Waals surface area contributed by atoms with Crippen molar-refractivity contribution in [2.75, 3.05) is 19.7 Å². The van der Waals surface area contributed by atoms with Gasteiger partial charge in [0.1, 0.15) is 5.56 Å². The van der Waals surface area contributed by atoms with Crippen molar-refractivity contribution in [3.8, 4) is 0 Å². The largest absolute Gasteiger partial charge is 0.396 e. The third-order valence-corrected chi connectivity index (χ3v) is 2.88. The van der Waals surface area contributed by atoms with Crippen LogP contribution in [0.5, 0.6) is 0 Å². The van der Waals surface area contributed by atoms with E-state index in [0.717, 1.165) is 6.42 Å². The van der Waals surface area contributed by atoms with E-state index in [9.17, 15) is 9.59 Å². The fraction of sp³-hybridized carbons (Fsp3) is 0.455. The van der Waals surface area contributed by atoms with Crippen LogP contribution < -0.4 is 5.56 Å². The Morgan fingerprint density at radius 3 is 3.06 bits per heavy atom. The highest BCUT2D eigenvalue weighted by Gasteiger charge is 2.27. The molecular weight excluding hydrogens is 208 g/mol. The lowest BCUT2D eigenvalue weighted by Gasteiger charge is -2.15. The maximum absolute atomic E-state index is 12.0. The zero-order valence-corrected chi connectivity index (χ0v) is 8.85. The molecule has 16 heavy (non-hydrogen) atoms. The summed E-state index contributed by atoms with van der Waals surface area (Å²) in [6, 6.07) is 3.15. The Balaban J connectivity index is 2.15. The van der Waals surface area contributed by atoms with Gasteiger partial charge in [-0.2, -0.15) is 0 Å². The smallest absolute Gasteiger partial charge is 0.260 e. The average molecular weight is 222 g/mol. The second kappa shape index (κ2) is 4.49. The molecule has 1 aliphatic heterocycles. The van der Waals surface area contributed by atoms with Crippen LogP contribution in [-0.4, -0.2) is 40.6 Å². The minimum atomic E-state index is -0.361. The fourth-order valence-electron chi connectivity index (χ4n) is 1.93. The summed E-state index contributed by atoms with van der Waals surface area (Å²) in [5.74, 6) is -0.107. The van der Waals surface area contributed by atoms with Crippen molar-refractivity contribution in [3.63, 3.8) is 0 Å². The molecule has 0 aromatic carbocycles. The van der Waals surface area contributed by atoms with E-state index >= 15 is 0 Å². The number of carbonyl (C=O) groups is 1. The normalized spacial score (nSPS) is 20.1. The Hall–Kier alpha value is -1.62. The molecule has 1 aromatic heterocycles. The summed E-state index contributed by atoms with van der Waals surface area (Å²) in [6.07, 6.45) is 2.30. The molecule has 0 spiro atoms. The number of rotatable bonds is 2. The molecule has 1 fully saturated rings. The van der Waals surface area contributed by atoms with Gasteiger partial charge in [-0.25, -0.2) is 0 Å². The first-order chi connectivity index (χ1) is 7.72. The van der Waals surface area contributed by atoms with Gasteiger partial charge in [-0.1, -0.05) is 0 Å². The van der Waals surface area contributed by atoms with E-state index in [0.29, 0.717) is 13.1 Å². The van der Waals surface area contributed by atoms with Gasteiger partial charge >= 0.3 is 0 Å². The van der Waals surface area contributed by atoms with Gasteiger partial charge in [-0.3, -0.25) is 9.59 Å². The minimum Gasteiger partial charge on any atom is -0.396 e. The van der Waals surface area contributed by atoms with Crippen LogP contribution in [0.25, 0.3) is 0 Å². The third-order valence-electron chi connectivity index (χ3n) is 2.88. The van der Waals surface area contributed by atoms with E-state index in [-0.39, 0.29) is 29.6 Å². The maximum Gasteiger partial charge on any atom is 0.260 e. The number of pyridine rings is 1. The van der Waals surface area contributed by atoms with Gasteiger partial charge in [0.2, 0.25) is 0 Å². The lowest BCUT2D eigenvalue weighted by Crippen LogP contribution is -2.33. The quantitative estimate of drug-likeness (QED) is 0.729. The zero-order chi connectivity index (χ0) is 11.5. The van der Waals surface area contributed by atoms with Crippen LogP contribution in [0.3, 0.4) is 0 Å². The second-order valence-corrected chi connectivity index (χ2v) is 4.00. The molecule has 1 aromatic rings. The van der Waals surface area contributed by atoms with Crippen LogP contribution in [0.1, 0.15) is 16.8 Å². The highest BCUT2D eigenvalue weighted by atomic mass is 16.3. The van der Waals surface area contributed by atoms with Crippen molar-refractivity contribution in [1.82, 2.24) is 9.88 Å². The molecular formula is C11H14N2O3. The number of H-pyrrole nitrogens is 1. The number of aromatic nitrogens is 1. The Kier molecular flexibility index (Phi) is 3.05. The Morgan fingerprint density at radius 2 is 2.44 bits per heavy atom. The van der Waals surface area contributed by atoms with Gasteiger partial charge < -0.3 is 15.0 Å².